The maximum Gasteiger partial charge on any atom is 1.00 e. The Hall–Kier alpha value is -0.120. The van der Waals surface area contributed by atoms with Crippen LogP contribution >= 0.6 is 0 Å². The average molecular weight is 204 g/mol. The van der Waals surface area contributed by atoms with Crippen LogP contribution in [0.4, 0.5) is 0 Å². The predicted molar refractivity (Wildman–Crippen MR) is 24.6 cm³/mol. The molecule has 0 aliphatic rings. The minimum Gasteiger partial charge on any atom is -0.429 e. The Morgan fingerprint density at radius 1 is 1.62 bits per heavy atom. The van der Waals surface area contributed by atoms with E-state index in [0.717, 1.165) is 5.69 Å². The molecule has 1 heterocycles. The van der Waals surface area contributed by atoms with E-state index in [0.29, 0.717) is 0 Å². The largest absolute Gasteiger partial charge is 1.00 e. The Morgan fingerprint density at radius 2 is 2.25 bits per heavy atom. The zero-order chi connectivity index (χ0) is 5.28. The first-order valence-corrected chi connectivity index (χ1v) is 2.04. The molecule has 0 saturated heterocycles. The predicted octanol–water partition coefficient (Wildman–Crippen LogP) is -0.0788. The van der Waals surface area contributed by atoms with Gasteiger partial charge in [-0.05, 0) is 7.05 Å². The molecule has 0 radical (unpaired) electrons. The summed E-state index contributed by atoms with van der Waals surface area (Å²) in [5.41, 5.74) is 0.836. The zero-order valence-electron chi connectivity index (χ0n) is 4.64. The number of rotatable bonds is 0. The van der Waals surface area contributed by atoms with Gasteiger partial charge in [-0.1, -0.05) is 6.92 Å². The van der Waals surface area contributed by atoms with Crippen molar-refractivity contribution in [2.24, 2.45) is 7.05 Å². The molecule has 0 aliphatic heterocycles. The van der Waals surface area contributed by atoms with Crippen molar-refractivity contribution in [2.75, 3.05) is 0 Å². The van der Waals surface area contributed by atoms with E-state index in [9.17, 15) is 0 Å². The van der Waals surface area contributed by atoms with Crippen molar-refractivity contribution in [1.82, 2.24) is 15.0 Å². The van der Waals surface area contributed by atoms with Crippen molar-refractivity contribution in [3.8, 4) is 0 Å². The standard InChI is InChI=1S/C4H6N3.Ag/c1-4-3-7(2)6-5-4;/h1-2H3;/q-1;+1. The van der Waals surface area contributed by atoms with Gasteiger partial charge < -0.3 is 10.9 Å². The molecular formula is C4H6AgN3. The molecule has 0 saturated carbocycles. The quantitative estimate of drug-likeness (QED) is 0.437. The Morgan fingerprint density at radius 3 is 2.38 bits per heavy atom. The normalized spacial score (nSPS) is 8.25. The molecule has 0 spiro atoms. The first-order chi connectivity index (χ1) is 3.29. The van der Waals surface area contributed by atoms with E-state index in [1.165, 1.54) is 0 Å². The Labute approximate surface area is 63.6 Å². The summed E-state index contributed by atoms with van der Waals surface area (Å²) in [6, 6.07) is 0. The molecule has 0 bridgehead atoms. The van der Waals surface area contributed by atoms with Crippen molar-refractivity contribution < 1.29 is 22.4 Å². The average Bonchev–Trinajstić information content (AvgIpc) is 1.87. The van der Waals surface area contributed by atoms with Crippen LogP contribution in [0.5, 0.6) is 0 Å². The molecule has 0 fully saturated rings. The summed E-state index contributed by atoms with van der Waals surface area (Å²) in [4.78, 5) is 0. The van der Waals surface area contributed by atoms with Gasteiger partial charge in [0.05, 0.1) is 0 Å². The van der Waals surface area contributed by atoms with E-state index in [1.807, 2.05) is 6.92 Å². The molecule has 0 aliphatic carbocycles. The number of hydrogen-bond donors (Lipinski definition) is 0. The summed E-state index contributed by atoms with van der Waals surface area (Å²) >= 11 is 0. The smallest absolute Gasteiger partial charge is 0.429 e. The summed E-state index contributed by atoms with van der Waals surface area (Å²) < 4.78 is 1.55. The summed E-state index contributed by atoms with van der Waals surface area (Å²) in [5.74, 6) is 0. The third kappa shape index (κ3) is 1.78. The molecule has 8 heavy (non-hydrogen) atoms. The summed E-state index contributed by atoms with van der Waals surface area (Å²) in [7, 11) is 1.79. The fraction of sp³-hybridized carbons (Fsp3) is 0.500. The summed E-state index contributed by atoms with van der Waals surface area (Å²) in [6.45, 7) is 1.85. The second-order valence-corrected chi connectivity index (χ2v) is 1.41. The zero-order valence-corrected chi connectivity index (χ0v) is 6.13. The minimum atomic E-state index is 0. The van der Waals surface area contributed by atoms with Crippen LogP contribution in [0, 0.1) is 13.1 Å². The molecule has 48 valence electrons. The van der Waals surface area contributed by atoms with E-state index in [4.69, 9.17) is 0 Å². The molecule has 0 amide bonds. The number of aromatic nitrogens is 3. The fourth-order valence-electron chi connectivity index (χ4n) is 0.413. The number of hydrogen-bond acceptors (Lipinski definition) is 2. The van der Waals surface area contributed by atoms with Crippen LogP contribution in [-0.2, 0) is 29.4 Å². The third-order valence-corrected chi connectivity index (χ3v) is 0.652. The molecule has 0 unspecified atom stereocenters. The van der Waals surface area contributed by atoms with Crippen LogP contribution in [0.3, 0.4) is 0 Å². The second kappa shape index (κ2) is 3.02. The van der Waals surface area contributed by atoms with Crippen molar-refractivity contribution in [1.29, 1.82) is 0 Å². The van der Waals surface area contributed by atoms with Crippen molar-refractivity contribution in [2.45, 2.75) is 6.92 Å². The van der Waals surface area contributed by atoms with Crippen molar-refractivity contribution >= 4 is 0 Å². The Bertz CT molecular complexity index is 144. The molecule has 0 N–H and O–H groups in total. The van der Waals surface area contributed by atoms with Gasteiger partial charge in [-0.3, -0.25) is 0 Å². The molecule has 3 nitrogen and oxygen atoms in total. The van der Waals surface area contributed by atoms with Crippen LogP contribution in [0.1, 0.15) is 5.69 Å². The maximum atomic E-state index is 3.67. The van der Waals surface area contributed by atoms with Gasteiger partial charge in [0.25, 0.3) is 0 Å². The van der Waals surface area contributed by atoms with Gasteiger partial charge >= 0.3 is 22.4 Å². The molecule has 1 aromatic heterocycles. The van der Waals surface area contributed by atoms with Crippen LogP contribution in [0.15, 0.2) is 0 Å². The molecule has 1 aromatic rings. The van der Waals surface area contributed by atoms with E-state index >= 15 is 0 Å². The Kier molecular flexibility index (Phi) is 2.97. The SMILES string of the molecule is Cc1[c-]n(C)nn1.[Ag+]. The van der Waals surface area contributed by atoms with Crippen molar-refractivity contribution in [3.63, 3.8) is 0 Å². The van der Waals surface area contributed by atoms with E-state index in [-0.39, 0.29) is 22.4 Å². The molecule has 0 atom stereocenters. The summed E-state index contributed by atoms with van der Waals surface area (Å²) in [6.07, 6.45) is 2.83. The van der Waals surface area contributed by atoms with E-state index < -0.39 is 0 Å². The summed E-state index contributed by atoms with van der Waals surface area (Å²) in [5, 5.41) is 7.30. The second-order valence-electron chi connectivity index (χ2n) is 1.41. The van der Waals surface area contributed by atoms with Gasteiger partial charge in [-0.25, -0.2) is 0 Å². The maximum absolute atomic E-state index is 3.67. The topological polar surface area (TPSA) is 30.7 Å². The molecular weight excluding hydrogens is 198 g/mol. The third-order valence-electron chi connectivity index (χ3n) is 0.652. The van der Waals surface area contributed by atoms with Gasteiger partial charge in [-0.15, -0.1) is 10.9 Å². The molecule has 0 aromatic carbocycles. The Balaban J connectivity index is 0.000000490. The van der Waals surface area contributed by atoms with Gasteiger partial charge in [-0.2, -0.15) is 5.10 Å². The van der Waals surface area contributed by atoms with Gasteiger partial charge in [0.1, 0.15) is 0 Å². The number of nitrogens with zero attached hydrogens (tertiary/aromatic N) is 3. The van der Waals surface area contributed by atoms with Crippen LogP contribution in [0.2, 0.25) is 0 Å². The minimum absolute atomic E-state index is 0. The first kappa shape index (κ1) is 7.88. The molecule has 1 rings (SSSR count). The van der Waals surface area contributed by atoms with Crippen LogP contribution < -0.4 is 0 Å². The van der Waals surface area contributed by atoms with Crippen molar-refractivity contribution in [3.05, 3.63) is 11.9 Å². The molecule has 4 heteroatoms. The first-order valence-electron chi connectivity index (χ1n) is 2.04. The van der Waals surface area contributed by atoms with Crippen LogP contribution in [-0.4, -0.2) is 15.0 Å². The number of aryl methyl sites for hydroxylation is 2. The van der Waals surface area contributed by atoms with Crippen LogP contribution in [0.25, 0.3) is 0 Å². The van der Waals surface area contributed by atoms with Gasteiger partial charge in [0.15, 0.2) is 0 Å². The monoisotopic (exact) mass is 203 g/mol. The van der Waals surface area contributed by atoms with E-state index in [2.05, 4.69) is 16.5 Å². The van der Waals surface area contributed by atoms with Gasteiger partial charge in [0.2, 0.25) is 0 Å². The van der Waals surface area contributed by atoms with E-state index in [1.54, 1.807) is 11.7 Å². The van der Waals surface area contributed by atoms with Gasteiger partial charge in [0, 0.05) is 0 Å². The fourth-order valence-corrected chi connectivity index (χ4v) is 0.413.